The molecule has 1 atom stereocenters. The average molecular weight is 228 g/mol. The molecule has 0 aromatic rings. The van der Waals surface area contributed by atoms with E-state index in [1.54, 1.807) is 0 Å². The molecule has 0 aromatic heterocycles. The van der Waals surface area contributed by atoms with Crippen LogP contribution in [0.4, 0.5) is 0 Å². The highest BCUT2D eigenvalue weighted by atomic mass is 16.5. The van der Waals surface area contributed by atoms with Crippen molar-refractivity contribution in [2.75, 3.05) is 21.2 Å². The van der Waals surface area contributed by atoms with Gasteiger partial charge in [-0.25, -0.2) is 0 Å². The molecular weight excluding hydrogens is 204 g/mol. The van der Waals surface area contributed by atoms with E-state index in [2.05, 4.69) is 10.2 Å². The average Bonchev–Trinajstić information content (AvgIpc) is 2.36. The van der Waals surface area contributed by atoms with Gasteiger partial charge in [0, 0.05) is 12.1 Å². The maximum atomic E-state index is 11.4. The Kier molecular flexibility index (Phi) is 5.22. The van der Waals surface area contributed by atoms with Crippen molar-refractivity contribution < 1.29 is 9.53 Å². The molecule has 0 heterocycles. The molecule has 0 saturated heterocycles. The van der Waals surface area contributed by atoms with Crippen molar-refractivity contribution in [3.8, 4) is 0 Å². The molecule has 0 aromatic carbocycles. The van der Waals surface area contributed by atoms with E-state index in [0.29, 0.717) is 12.1 Å². The zero-order valence-electron chi connectivity index (χ0n) is 10.8. The second-order valence-corrected chi connectivity index (χ2v) is 4.66. The van der Waals surface area contributed by atoms with E-state index in [1.165, 1.54) is 20.0 Å². The molecular formula is C12H24N2O2. The lowest BCUT2D eigenvalue weighted by Crippen LogP contribution is -2.46. The van der Waals surface area contributed by atoms with E-state index in [4.69, 9.17) is 4.74 Å². The Bertz CT molecular complexity index is 225. The number of hydrogen-bond donors (Lipinski definition) is 1. The van der Waals surface area contributed by atoms with Crippen LogP contribution >= 0.6 is 0 Å². The van der Waals surface area contributed by atoms with Crippen LogP contribution in [0.1, 0.15) is 32.6 Å². The number of carbonyl (C=O) groups excluding carboxylic acids is 1. The van der Waals surface area contributed by atoms with Gasteiger partial charge < -0.3 is 10.1 Å². The van der Waals surface area contributed by atoms with Crippen LogP contribution in [0, 0.1) is 0 Å². The molecule has 0 bridgehead atoms. The second-order valence-electron chi connectivity index (χ2n) is 4.66. The molecule has 1 N–H and O–H groups in total. The highest BCUT2D eigenvalue weighted by molar-refractivity contribution is 5.75. The van der Waals surface area contributed by atoms with Gasteiger partial charge in [-0.1, -0.05) is 0 Å². The quantitative estimate of drug-likeness (QED) is 0.729. The van der Waals surface area contributed by atoms with Gasteiger partial charge in [-0.3, -0.25) is 9.69 Å². The smallest absolute Gasteiger partial charge is 0.322 e. The van der Waals surface area contributed by atoms with Gasteiger partial charge in [0.2, 0.25) is 0 Å². The summed E-state index contributed by atoms with van der Waals surface area (Å²) in [5.41, 5.74) is 0. The van der Waals surface area contributed by atoms with Crippen molar-refractivity contribution >= 4 is 5.97 Å². The maximum absolute atomic E-state index is 11.4. The Morgan fingerprint density at radius 1 is 1.38 bits per heavy atom. The van der Waals surface area contributed by atoms with Crippen LogP contribution in [-0.2, 0) is 9.53 Å². The molecule has 94 valence electrons. The highest BCUT2D eigenvalue weighted by Gasteiger charge is 2.28. The molecule has 16 heavy (non-hydrogen) atoms. The zero-order chi connectivity index (χ0) is 12.1. The summed E-state index contributed by atoms with van der Waals surface area (Å²) in [6.45, 7) is 1.91. The van der Waals surface area contributed by atoms with Crippen molar-refractivity contribution in [1.82, 2.24) is 10.2 Å². The van der Waals surface area contributed by atoms with Crippen molar-refractivity contribution in [3.63, 3.8) is 0 Å². The largest absolute Gasteiger partial charge is 0.468 e. The summed E-state index contributed by atoms with van der Waals surface area (Å²) in [7, 11) is 5.49. The first-order valence-corrected chi connectivity index (χ1v) is 6.07. The van der Waals surface area contributed by atoms with E-state index in [1.807, 2.05) is 21.0 Å². The topological polar surface area (TPSA) is 41.6 Å². The molecule has 0 amide bonds. The summed E-state index contributed by atoms with van der Waals surface area (Å²) in [4.78, 5) is 13.6. The fraction of sp³-hybridized carbons (Fsp3) is 0.917. The van der Waals surface area contributed by atoms with Gasteiger partial charge in [0.15, 0.2) is 0 Å². The monoisotopic (exact) mass is 228 g/mol. The lowest BCUT2D eigenvalue weighted by Gasteiger charge is -2.36. The van der Waals surface area contributed by atoms with E-state index in [0.717, 1.165) is 12.8 Å². The molecule has 1 aliphatic rings. The van der Waals surface area contributed by atoms with E-state index >= 15 is 0 Å². The van der Waals surface area contributed by atoms with Gasteiger partial charge in [-0.2, -0.15) is 0 Å². The Morgan fingerprint density at radius 3 is 2.38 bits per heavy atom. The number of nitrogens with zero attached hydrogens (tertiary/aromatic N) is 1. The van der Waals surface area contributed by atoms with Crippen molar-refractivity contribution in [2.24, 2.45) is 0 Å². The highest BCUT2D eigenvalue weighted by Crippen LogP contribution is 2.23. The van der Waals surface area contributed by atoms with Gasteiger partial charge in [-0.15, -0.1) is 0 Å². The number of carbonyl (C=O) groups is 1. The van der Waals surface area contributed by atoms with E-state index in [-0.39, 0.29) is 12.0 Å². The number of rotatable bonds is 4. The molecule has 1 rings (SSSR count). The van der Waals surface area contributed by atoms with Crippen LogP contribution in [-0.4, -0.2) is 50.2 Å². The molecule has 1 aliphatic carbocycles. The fourth-order valence-corrected chi connectivity index (χ4v) is 2.42. The number of ether oxygens (including phenoxy) is 1. The van der Waals surface area contributed by atoms with E-state index < -0.39 is 0 Å². The Balaban J connectivity index is 2.43. The second kappa shape index (κ2) is 6.21. The summed E-state index contributed by atoms with van der Waals surface area (Å²) < 4.78 is 4.77. The van der Waals surface area contributed by atoms with Gasteiger partial charge in [0.25, 0.3) is 0 Å². The Hall–Kier alpha value is -0.610. The Labute approximate surface area is 98.3 Å². The molecule has 4 heteroatoms. The number of hydrogen-bond acceptors (Lipinski definition) is 4. The molecule has 1 saturated carbocycles. The minimum absolute atomic E-state index is 0.138. The predicted octanol–water partition coefficient (Wildman–Crippen LogP) is 1.01. The minimum Gasteiger partial charge on any atom is -0.468 e. The molecule has 4 nitrogen and oxygen atoms in total. The molecule has 0 aliphatic heterocycles. The number of likely N-dealkylation sites (N-methyl/N-ethyl adjacent to an activating group) is 1. The number of nitrogens with one attached hydrogen (secondary N) is 1. The molecule has 1 fully saturated rings. The van der Waals surface area contributed by atoms with Crippen LogP contribution in [0.25, 0.3) is 0 Å². The van der Waals surface area contributed by atoms with Gasteiger partial charge in [0.05, 0.1) is 7.11 Å². The molecule has 0 radical (unpaired) electrons. The SMILES string of the molecule is CNC1CCC(N(C)C(C)C(=O)OC)CC1. The minimum atomic E-state index is -0.141. The van der Waals surface area contributed by atoms with Gasteiger partial charge in [0.1, 0.15) is 6.04 Å². The third-order valence-electron chi connectivity index (χ3n) is 3.83. The first kappa shape index (κ1) is 13.5. The summed E-state index contributed by atoms with van der Waals surface area (Å²) >= 11 is 0. The van der Waals surface area contributed by atoms with Crippen molar-refractivity contribution in [1.29, 1.82) is 0 Å². The third-order valence-corrected chi connectivity index (χ3v) is 3.83. The first-order valence-electron chi connectivity index (χ1n) is 6.07. The van der Waals surface area contributed by atoms with Crippen molar-refractivity contribution in [3.05, 3.63) is 0 Å². The molecule has 1 unspecified atom stereocenters. The van der Waals surface area contributed by atoms with Gasteiger partial charge >= 0.3 is 5.97 Å². The first-order chi connectivity index (χ1) is 7.60. The number of methoxy groups -OCH3 is 1. The van der Waals surface area contributed by atoms with Crippen LogP contribution < -0.4 is 5.32 Å². The normalized spacial score (nSPS) is 27.8. The predicted molar refractivity (Wildman–Crippen MR) is 64.3 cm³/mol. The van der Waals surface area contributed by atoms with Crippen LogP contribution in [0.5, 0.6) is 0 Å². The third kappa shape index (κ3) is 3.19. The number of esters is 1. The van der Waals surface area contributed by atoms with Crippen LogP contribution in [0.15, 0.2) is 0 Å². The zero-order valence-corrected chi connectivity index (χ0v) is 10.8. The fourth-order valence-electron chi connectivity index (χ4n) is 2.42. The van der Waals surface area contributed by atoms with Crippen LogP contribution in [0.2, 0.25) is 0 Å². The van der Waals surface area contributed by atoms with Gasteiger partial charge in [-0.05, 0) is 46.7 Å². The standard InChI is InChI=1S/C12H24N2O2/c1-9(12(15)16-4)14(3)11-7-5-10(13-2)6-8-11/h9-11,13H,5-8H2,1-4H3. The lowest BCUT2D eigenvalue weighted by molar-refractivity contribution is -0.146. The molecule has 0 spiro atoms. The summed E-state index contributed by atoms with van der Waals surface area (Å²) in [5, 5.41) is 3.32. The maximum Gasteiger partial charge on any atom is 0.322 e. The van der Waals surface area contributed by atoms with Crippen LogP contribution in [0.3, 0.4) is 0 Å². The lowest BCUT2D eigenvalue weighted by atomic mass is 9.90. The Morgan fingerprint density at radius 2 is 1.94 bits per heavy atom. The van der Waals surface area contributed by atoms with Crippen molar-refractivity contribution in [2.45, 2.75) is 50.7 Å². The summed E-state index contributed by atoms with van der Waals surface area (Å²) in [6, 6.07) is 1.03. The summed E-state index contributed by atoms with van der Waals surface area (Å²) in [6.07, 6.45) is 4.70. The van der Waals surface area contributed by atoms with E-state index in [9.17, 15) is 4.79 Å². The summed E-state index contributed by atoms with van der Waals surface area (Å²) in [5.74, 6) is -0.141.